The Morgan fingerprint density at radius 1 is 1.22 bits per heavy atom. The Morgan fingerprint density at radius 3 is 2.33 bits per heavy atom. The van der Waals surface area contributed by atoms with Crippen LogP contribution in [0.5, 0.6) is 0 Å². The highest BCUT2D eigenvalue weighted by atomic mass is 35.7. The van der Waals surface area contributed by atoms with Crippen LogP contribution >= 0.6 is 10.7 Å². The molecule has 0 aliphatic heterocycles. The predicted molar refractivity (Wildman–Crippen MR) is 75.9 cm³/mol. The van der Waals surface area contributed by atoms with Gasteiger partial charge in [0.25, 0.3) is 0 Å². The van der Waals surface area contributed by atoms with E-state index in [4.69, 9.17) is 10.7 Å². The Labute approximate surface area is 112 Å². The van der Waals surface area contributed by atoms with Gasteiger partial charge in [0.05, 0.1) is 0 Å². The second-order valence-corrected chi connectivity index (χ2v) is 7.71. The molecular formula is C14H15ClO2S. The fourth-order valence-corrected chi connectivity index (χ4v) is 3.34. The van der Waals surface area contributed by atoms with Crippen molar-refractivity contribution in [1.82, 2.24) is 0 Å². The maximum atomic E-state index is 11.6. The number of allylic oxidation sites excluding steroid dienone is 3. The Hall–Kier alpha value is -1.06. The molecule has 1 aliphatic rings. The molecule has 0 N–H and O–H groups in total. The molecular weight excluding hydrogens is 268 g/mol. The van der Waals surface area contributed by atoms with E-state index in [-0.39, 0.29) is 5.92 Å². The van der Waals surface area contributed by atoms with Crippen molar-refractivity contribution < 1.29 is 8.42 Å². The summed E-state index contributed by atoms with van der Waals surface area (Å²) in [5, 5.41) is 0. The van der Waals surface area contributed by atoms with Gasteiger partial charge in [-0.3, -0.25) is 0 Å². The zero-order valence-electron chi connectivity index (χ0n) is 10.3. The lowest BCUT2D eigenvalue weighted by molar-refractivity contribution is 0.527. The first-order valence-electron chi connectivity index (χ1n) is 5.75. The number of hydrogen-bond donors (Lipinski definition) is 0. The van der Waals surface area contributed by atoms with E-state index in [0.717, 1.165) is 11.1 Å². The second-order valence-electron chi connectivity index (χ2n) is 4.73. The first-order valence-corrected chi connectivity index (χ1v) is 8.06. The molecule has 0 fully saturated rings. The fourth-order valence-electron chi connectivity index (χ4n) is 2.02. The van der Waals surface area contributed by atoms with E-state index in [1.807, 2.05) is 49.4 Å². The Balaban J connectivity index is 2.40. The number of benzene rings is 1. The van der Waals surface area contributed by atoms with Crippen LogP contribution in [-0.4, -0.2) is 13.2 Å². The highest BCUT2D eigenvalue weighted by Gasteiger charge is 2.41. The lowest BCUT2D eigenvalue weighted by Crippen LogP contribution is -2.37. The molecule has 96 valence electrons. The molecule has 18 heavy (non-hydrogen) atoms. The van der Waals surface area contributed by atoms with Gasteiger partial charge < -0.3 is 0 Å². The zero-order valence-corrected chi connectivity index (χ0v) is 11.9. The zero-order chi connectivity index (χ0) is 13.4. The van der Waals surface area contributed by atoms with Crippen LogP contribution in [-0.2, 0) is 9.05 Å². The van der Waals surface area contributed by atoms with Gasteiger partial charge in [0.15, 0.2) is 0 Å². The molecule has 0 saturated carbocycles. The van der Waals surface area contributed by atoms with E-state index in [2.05, 4.69) is 0 Å². The maximum absolute atomic E-state index is 11.6. The SMILES string of the molecule is CC1C=C(c2ccccc2)C=CC1(C)S(=O)(=O)Cl. The third-order valence-corrected chi connectivity index (χ3v) is 6.12. The normalized spacial score (nSPS) is 27.9. The summed E-state index contributed by atoms with van der Waals surface area (Å²) in [5.41, 5.74) is 2.11. The van der Waals surface area contributed by atoms with Gasteiger partial charge in [-0.25, -0.2) is 8.42 Å². The first kappa shape index (κ1) is 13.4. The van der Waals surface area contributed by atoms with E-state index < -0.39 is 13.8 Å². The smallest absolute Gasteiger partial charge is 0.211 e. The van der Waals surface area contributed by atoms with E-state index in [9.17, 15) is 8.42 Å². The molecule has 1 aromatic rings. The molecule has 4 heteroatoms. The predicted octanol–water partition coefficient (Wildman–Crippen LogP) is 3.60. The average molecular weight is 283 g/mol. The van der Waals surface area contributed by atoms with Gasteiger partial charge in [0.2, 0.25) is 9.05 Å². The van der Waals surface area contributed by atoms with E-state index >= 15 is 0 Å². The summed E-state index contributed by atoms with van der Waals surface area (Å²) in [6.45, 7) is 3.52. The van der Waals surface area contributed by atoms with Gasteiger partial charge in [-0.2, -0.15) is 0 Å². The number of halogens is 1. The minimum Gasteiger partial charge on any atom is -0.211 e. The fraction of sp³-hybridized carbons (Fsp3) is 0.286. The Morgan fingerprint density at radius 2 is 1.83 bits per heavy atom. The molecule has 0 radical (unpaired) electrons. The summed E-state index contributed by atoms with van der Waals surface area (Å²) in [5.74, 6) is -0.166. The molecule has 1 aromatic carbocycles. The van der Waals surface area contributed by atoms with Crippen molar-refractivity contribution in [3.8, 4) is 0 Å². The van der Waals surface area contributed by atoms with Crippen molar-refractivity contribution in [2.24, 2.45) is 5.92 Å². The minimum absolute atomic E-state index is 0.166. The van der Waals surface area contributed by atoms with Gasteiger partial charge in [0.1, 0.15) is 4.75 Å². The topological polar surface area (TPSA) is 34.1 Å². The van der Waals surface area contributed by atoms with Crippen LogP contribution in [0.1, 0.15) is 19.4 Å². The number of hydrogen-bond acceptors (Lipinski definition) is 2. The molecule has 0 bridgehead atoms. The summed E-state index contributed by atoms with van der Waals surface area (Å²) in [6, 6.07) is 9.87. The highest BCUT2D eigenvalue weighted by molar-refractivity contribution is 8.15. The van der Waals surface area contributed by atoms with E-state index in [1.165, 1.54) is 0 Å². The first-order chi connectivity index (χ1) is 8.34. The standard InChI is InChI=1S/C14H15ClO2S/c1-11-10-13(12-6-4-3-5-7-12)8-9-14(11,2)18(15,16)17/h3-11H,1-2H3. The van der Waals surface area contributed by atoms with Crippen LogP contribution in [0.25, 0.3) is 5.57 Å². The quantitative estimate of drug-likeness (QED) is 0.777. The Kier molecular flexibility index (Phi) is 3.39. The van der Waals surface area contributed by atoms with Crippen molar-refractivity contribution >= 4 is 25.3 Å². The third-order valence-electron chi connectivity index (χ3n) is 3.56. The third kappa shape index (κ3) is 2.25. The van der Waals surface area contributed by atoms with Crippen LogP contribution in [0, 0.1) is 5.92 Å². The van der Waals surface area contributed by atoms with Crippen LogP contribution < -0.4 is 0 Å². The molecule has 2 atom stereocenters. The Bertz CT molecular complexity index is 602. The molecule has 0 heterocycles. The van der Waals surface area contributed by atoms with Crippen molar-refractivity contribution in [2.45, 2.75) is 18.6 Å². The molecule has 0 spiro atoms. The molecule has 2 nitrogen and oxygen atoms in total. The summed E-state index contributed by atoms with van der Waals surface area (Å²) in [7, 11) is 1.89. The van der Waals surface area contributed by atoms with Gasteiger partial charge in [-0.15, -0.1) is 0 Å². The lowest BCUT2D eigenvalue weighted by atomic mass is 9.85. The summed E-state index contributed by atoms with van der Waals surface area (Å²) >= 11 is 0. The van der Waals surface area contributed by atoms with Crippen LogP contribution in [0.4, 0.5) is 0 Å². The van der Waals surface area contributed by atoms with Crippen LogP contribution in [0.2, 0.25) is 0 Å². The number of rotatable bonds is 2. The average Bonchev–Trinajstić information content (AvgIpc) is 2.32. The van der Waals surface area contributed by atoms with Gasteiger partial charge >= 0.3 is 0 Å². The molecule has 0 saturated heterocycles. The molecule has 0 amide bonds. The van der Waals surface area contributed by atoms with E-state index in [1.54, 1.807) is 13.0 Å². The van der Waals surface area contributed by atoms with Crippen molar-refractivity contribution in [1.29, 1.82) is 0 Å². The lowest BCUT2D eigenvalue weighted by Gasteiger charge is -2.31. The highest BCUT2D eigenvalue weighted by Crippen LogP contribution is 2.38. The van der Waals surface area contributed by atoms with Crippen LogP contribution in [0.3, 0.4) is 0 Å². The molecule has 2 rings (SSSR count). The molecule has 1 aliphatic carbocycles. The monoisotopic (exact) mass is 282 g/mol. The minimum atomic E-state index is -3.64. The van der Waals surface area contributed by atoms with Gasteiger partial charge in [-0.1, -0.05) is 55.5 Å². The second kappa shape index (κ2) is 4.56. The van der Waals surface area contributed by atoms with Crippen molar-refractivity contribution in [3.63, 3.8) is 0 Å². The van der Waals surface area contributed by atoms with Gasteiger partial charge in [-0.05, 0) is 24.0 Å². The van der Waals surface area contributed by atoms with Crippen LogP contribution in [0.15, 0.2) is 48.6 Å². The van der Waals surface area contributed by atoms with Gasteiger partial charge in [0, 0.05) is 10.7 Å². The summed E-state index contributed by atoms with van der Waals surface area (Å²) in [6.07, 6.45) is 5.47. The van der Waals surface area contributed by atoms with E-state index in [0.29, 0.717) is 0 Å². The summed E-state index contributed by atoms with van der Waals surface area (Å²) < 4.78 is 22.3. The molecule has 0 aromatic heterocycles. The largest absolute Gasteiger partial charge is 0.242 e. The maximum Gasteiger partial charge on any atom is 0.242 e. The molecule has 2 unspecified atom stereocenters. The van der Waals surface area contributed by atoms with Crippen molar-refractivity contribution in [3.05, 3.63) is 54.1 Å². The van der Waals surface area contributed by atoms with Crippen molar-refractivity contribution in [2.75, 3.05) is 0 Å². The summed E-state index contributed by atoms with van der Waals surface area (Å²) in [4.78, 5) is 0.